The number of hydrogen-bond donors (Lipinski definition) is 1. The standard InChI is InChI=1S/C18H24N2O3/c1-6-18(7-2)16(22)20(17(23)19-18)10-15(21)14-9-12(4)11(3)8-13(14)5/h8-9H,6-7,10H2,1-5H3,(H,19,23). The minimum absolute atomic E-state index is 0.211. The number of nitrogens with zero attached hydrogens (tertiary/aromatic N) is 1. The molecule has 1 aliphatic rings. The molecule has 1 aromatic rings. The van der Waals surface area contributed by atoms with E-state index in [1.54, 1.807) is 0 Å². The van der Waals surface area contributed by atoms with Crippen LogP contribution in [0.1, 0.15) is 53.7 Å². The highest BCUT2D eigenvalue weighted by Gasteiger charge is 2.49. The van der Waals surface area contributed by atoms with Gasteiger partial charge in [0.1, 0.15) is 5.54 Å². The van der Waals surface area contributed by atoms with Gasteiger partial charge in [-0.3, -0.25) is 14.5 Å². The molecule has 0 aromatic heterocycles. The van der Waals surface area contributed by atoms with Crippen LogP contribution in [0.2, 0.25) is 0 Å². The summed E-state index contributed by atoms with van der Waals surface area (Å²) < 4.78 is 0. The van der Waals surface area contributed by atoms with Crippen LogP contribution in [-0.4, -0.2) is 34.7 Å². The van der Waals surface area contributed by atoms with E-state index < -0.39 is 11.6 Å². The summed E-state index contributed by atoms with van der Waals surface area (Å²) in [5, 5.41) is 2.74. The van der Waals surface area contributed by atoms with Gasteiger partial charge in [0, 0.05) is 5.56 Å². The largest absolute Gasteiger partial charge is 0.325 e. The van der Waals surface area contributed by atoms with Crippen LogP contribution in [0, 0.1) is 20.8 Å². The second-order valence-corrected chi connectivity index (χ2v) is 6.29. The van der Waals surface area contributed by atoms with Crippen molar-refractivity contribution in [1.82, 2.24) is 10.2 Å². The zero-order chi connectivity index (χ0) is 17.4. The first-order chi connectivity index (χ1) is 10.8. The van der Waals surface area contributed by atoms with E-state index in [1.165, 1.54) is 0 Å². The van der Waals surface area contributed by atoms with Gasteiger partial charge >= 0.3 is 6.03 Å². The molecule has 0 aliphatic carbocycles. The number of carbonyl (C=O) groups excluding carboxylic acids is 3. The first-order valence-electron chi connectivity index (χ1n) is 8.01. The van der Waals surface area contributed by atoms with Crippen molar-refractivity contribution in [1.29, 1.82) is 0 Å². The lowest BCUT2D eigenvalue weighted by atomic mass is 9.93. The lowest BCUT2D eigenvalue weighted by molar-refractivity contribution is -0.131. The predicted molar refractivity (Wildman–Crippen MR) is 88.5 cm³/mol. The zero-order valence-corrected chi connectivity index (χ0v) is 14.4. The van der Waals surface area contributed by atoms with Gasteiger partial charge in [0.25, 0.3) is 5.91 Å². The Morgan fingerprint density at radius 3 is 2.13 bits per heavy atom. The highest BCUT2D eigenvalue weighted by molar-refractivity contribution is 6.11. The predicted octanol–water partition coefficient (Wildman–Crippen LogP) is 2.91. The molecular formula is C18H24N2O3. The number of benzene rings is 1. The van der Waals surface area contributed by atoms with Gasteiger partial charge in [-0.15, -0.1) is 0 Å². The van der Waals surface area contributed by atoms with Crippen molar-refractivity contribution >= 4 is 17.7 Å². The molecule has 1 heterocycles. The maximum absolute atomic E-state index is 12.6. The fourth-order valence-electron chi connectivity index (χ4n) is 3.04. The molecule has 0 radical (unpaired) electrons. The van der Waals surface area contributed by atoms with E-state index in [0.29, 0.717) is 18.4 Å². The van der Waals surface area contributed by atoms with Gasteiger partial charge in [0.05, 0.1) is 6.54 Å². The molecule has 0 unspecified atom stereocenters. The molecular weight excluding hydrogens is 292 g/mol. The highest BCUT2D eigenvalue weighted by atomic mass is 16.2. The summed E-state index contributed by atoms with van der Waals surface area (Å²) in [5.41, 5.74) is 2.70. The van der Waals surface area contributed by atoms with Crippen molar-refractivity contribution < 1.29 is 14.4 Å². The molecule has 5 nitrogen and oxygen atoms in total. The lowest BCUT2D eigenvalue weighted by Gasteiger charge is -2.23. The second kappa shape index (κ2) is 6.14. The molecule has 3 amide bonds. The number of ketones is 1. The van der Waals surface area contributed by atoms with E-state index in [0.717, 1.165) is 21.6 Å². The highest BCUT2D eigenvalue weighted by Crippen LogP contribution is 2.25. The van der Waals surface area contributed by atoms with Crippen LogP contribution in [0.15, 0.2) is 12.1 Å². The first-order valence-corrected chi connectivity index (χ1v) is 8.01. The van der Waals surface area contributed by atoms with Crippen LogP contribution < -0.4 is 5.32 Å². The molecule has 1 saturated heterocycles. The third kappa shape index (κ3) is 2.87. The minimum Gasteiger partial charge on any atom is -0.323 e. The van der Waals surface area contributed by atoms with Crippen LogP contribution in [0.25, 0.3) is 0 Å². The molecule has 0 atom stereocenters. The summed E-state index contributed by atoms with van der Waals surface area (Å²) in [7, 11) is 0. The molecule has 5 heteroatoms. The summed E-state index contributed by atoms with van der Waals surface area (Å²) in [6.45, 7) is 9.31. The topological polar surface area (TPSA) is 66.5 Å². The summed E-state index contributed by atoms with van der Waals surface area (Å²) in [6.07, 6.45) is 1.03. The first kappa shape index (κ1) is 17.2. The van der Waals surface area contributed by atoms with Gasteiger partial charge < -0.3 is 5.32 Å². The number of rotatable bonds is 5. The van der Waals surface area contributed by atoms with E-state index in [2.05, 4.69) is 5.32 Å². The summed E-state index contributed by atoms with van der Waals surface area (Å²) >= 11 is 0. The van der Waals surface area contributed by atoms with E-state index in [9.17, 15) is 14.4 Å². The van der Waals surface area contributed by atoms with Crippen molar-refractivity contribution in [2.24, 2.45) is 0 Å². The van der Waals surface area contributed by atoms with Crippen molar-refractivity contribution in [2.45, 2.75) is 53.0 Å². The fraction of sp³-hybridized carbons (Fsp3) is 0.500. The van der Waals surface area contributed by atoms with Crippen molar-refractivity contribution in [3.05, 3.63) is 34.4 Å². The third-order valence-corrected chi connectivity index (χ3v) is 4.90. The zero-order valence-electron chi connectivity index (χ0n) is 14.4. The quantitative estimate of drug-likeness (QED) is 0.671. The van der Waals surface area contributed by atoms with Gasteiger partial charge in [-0.25, -0.2) is 4.79 Å². The lowest BCUT2D eigenvalue weighted by Crippen LogP contribution is -2.46. The van der Waals surface area contributed by atoms with Crippen LogP contribution in [0.4, 0.5) is 4.79 Å². The molecule has 1 aromatic carbocycles. The summed E-state index contributed by atoms with van der Waals surface area (Å²) in [5.74, 6) is -0.514. The number of nitrogens with one attached hydrogen (secondary N) is 1. The van der Waals surface area contributed by atoms with Gasteiger partial charge in [-0.05, 0) is 56.4 Å². The Labute approximate surface area is 137 Å². The van der Waals surface area contributed by atoms with Gasteiger partial charge in [-0.1, -0.05) is 19.9 Å². The van der Waals surface area contributed by atoms with Crippen molar-refractivity contribution in [3.63, 3.8) is 0 Å². The average Bonchev–Trinajstić information content (AvgIpc) is 2.75. The molecule has 23 heavy (non-hydrogen) atoms. The van der Waals surface area contributed by atoms with Gasteiger partial charge in [0.15, 0.2) is 5.78 Å². The monoisotopic (exact) mass is 316 g/mol. The normalized spacial score (nSPS) is 16.7. The Morgan fingerprint density at radius 1 is 1.04 bits per heavy atom. The van der Waals surface area contributed by atoms with Crippen LogP contribution in [-0.2, 0) is 4.79 Å². The molecule has 1 N–H and O–H groups in total. The number of amides is 3. The molecule has 0 spiro atoms. The summed E-state index contributed by atoms with van der Waals surface area (Å²) in [6, 6.07) is 3.31. The number of Topliss-reactive ketones (excluding diaryl/α,β-unsaturated/α-hetero) is 1. The Balaban J connectivity index is 2.26. The summed E-state index contributed by atoms with van der Waals surface area (Å²) in [4.78, 5) is 38.3. The second-order valence-electron chi connectivity index (χ2n) is 6.29. The maximum atomic E-state index is 12.6. The van der Waals surface area contributed by atoms with Crippen LogP contribution >= 0.6 is 0 Å². The third-order valence-electron chi connectivity index (χ3n) is 4.90. The van der Waals surface area contributed by atoms with Crippen LogP contribution in [0.3, 0.4) is 0 Å². The van der Waals surface area contributed by atoms with Crippen LogP contribution in [0.5, 0.6) is 0 Å². The van der Waals surface area contributed by atoms with E-state index >= 15 is 0 Å². The SMILES string of the molecule is CCC1(CC)NC(=O)N(CC(=O)c2cc(C)c(C)cc2C)C1=O. The molecule has 0 bridgehead atoms. The Bertz CT molecular complexity index is 675. The minimum atomic E-state index is -0.865. The maximum Gasteiger partial charge on any atom is 0.325 e. The van der Waals surface area contributed by atoms with E-state index in [1.807, 2.05) is 46.8 Å². The molecule has 2 rings (SSSR count). The van der Waals surface area contributed by atoms with E-state index in [-0.39, 0.29) is 18.2 Å². The Morgan fingerprint density at radius 2 is 1.61 bits per heavy atom. The smallest absolute Gasteiger partial charge is 0.323 e. The number of hydrogen-bond acceptors (Lipinski definition) is 3. The molecule has 1 aliphatic heterocycles. The van der Waals surface area contributed by atoms with Crippen molar-refractivity contribution in [2.75, 3.05) is 6.54 Å². The number of carbonyl (C=O) groups is 3. The number of urea groups is 1. The molecule has 124 valence electrons. The van der Waals surface area contributed by atoms with Gasteiger partial charge in [0.2, 0.25) is 0 Å². The number of imide groups is 1. The molecule has 1 fully saturated rings. The fourth-order valence-corrected chi connectivity index (χ4v) is 3.04. The molecule has 0 saturated carbocycles. The van der Waals surface area contributed by atoms with Crippen molar-refractivity contribution in [3.8, 4) is 0 Å². The Hall–Kier alpha value is -2.17. The van der Waals surface area contributed by atoms with Gasteiger partial charge in [-0.2, -0.15) is 0 Å². The van der Waals surface area contributed by atoms with E-state index in [4.69, 9.17) is 0 Å². The number of aryl methyl sites for hydroxylation is 3. The average molecular weight is 316 g/mol. The Kier molecular flexibility index (Phi) is 4.59.